The number of hydrogen-bond acceptors (Lipinski definition) is 3. The number of nitrogens with zero attached hydrogens (tertiary/aromatic N) is 1. The highest BCUT2D eigenvalue weighted by Crippen LogP contribution is 2.12. The molecule has 0 saturated carbocycles. The minimum atomic E-state index is -0.333. The summed E-state index contributed by atoms with van der Waals surface area (Å²) < 4.78 is 0. The van der Waals surface area contributed by atoms with Crippen molar-refractivity contribution in [1.29, 1.82) is 0 Å². The van der Waals surface area contributed by atoms with Crippen molar-refractivity contribution < 1.29 is 5.11 Å². The molecule has 1 aromatic rings. The van der Waals surface area contributed by atoms with Crippen LogP contribution in [0, 0.1) is 0 Å². The third kappa shape index (κ3) is 3.72. The molecule has 0 spiro atoms. The Morgan fingerprint density at radius 2 is 2.46 bits per heavy atom. The Balaban J connectivity index is 2.41. The van der Waals surface area contributed by atoms with Crippen LogP contribution in [0.1, 0.15) is 12.5 Å². The van der Waals surface area contributed by atoms with Crippen LogP contribution in [0.3, 0.4) is 0 Å². The fourth-order valence-corrected chi connectivity index (χ4v) is 1.15. The summed E-state index contributed by atoms with van der Waals surface area (Å²) in [5, 5.41) is 12.7. The number of aliphatic hydroxyl groups excluding tert-OH is 1. The predicted octanol–water partition coefficient (Wildman–Crippen LogP) is 1.21. The van der Waals surface area contributed by atoms with Crippen LogP contribution in [0.4, 0.5) is 0 Å². The van der Waals surface area contributed by atoms with Gasteiger partial charge in [-0.25, -0.2) is 0 Å². The molecule has 3 nitrogen and oxygen atoms in total. The van der Waals surface area contributed by atoms with E-state index in [2.05, 4.69) is 10.3 Å². The maximum atomic E-state index is 8.99. The van der Waals surface area contributed by atoms with Gasteiger partial charge in [0.05, 0.1) is 11.1 Å². The Hall–Kier alpha value is -0.640. The smallest absolute Gasteiger partial charge is 0.0636 e. The minimum absolute atomic E-state index is 0.333. The zero-order chi connectivity index (χ0) is 9.68. The molecule has 0 bridgehead atoms. The average Bonchev–Trinajstić information content (AvgIpc) is 2.08. The van der Waals surface area contributed by atoms with Crippen LogP contribution in [0.25, 0.3) is 0 Å². The molecule has 1 unspecified atom stereocenters. The number of halogens is 1. The summed E-state index contributed by atoms with van der Waals surface area (Å²) in [5.41, 5.74) is 0.998. The maximum absolute atomic E-state index is 8.99. The van der Waals surface area contributed by atoms with Crippen molar-refractivity contribution >= 4 is 11.6 Å². The summed E-state index contributed by atoms with van der Waals surface area (Å²) in [6, 6.07) is 1.86. The van der Waals surface area contributed by atoms with Crippen molar-refractivity contribution in [2.24, 2.45) is 0 Å². The van der Waals surface area contributed by atoms with Gasteiger partial charge in [0.1, 0.15) is 0 Å². The van der Waals surface area contributed by atoms with Crippen molar-refractivity contribution in [3.63, 3.8) is 0 Å². The summed E-state index contributed by atoms with van der Waals surface area (Å²) in [4.78, 5) is 3.88. The zero-order valence-electron chi connectivity index (χ0n) is 7.50. The summed E-state index contributed by atoms with van der Waals surface area (Å²) >= 11 is 5.87. The lowest BCUT2D eigenvalue weighted by Crippen LogP contribution is -2.23. The first-order chi connectivity index (χ1) is 6.20. The summed E-state index contributed by atoms with van der Waals surface area (Å²) in [6.07, 6.45) is 2.98. The van der Waals surface area contributed by atoms with Crippen LogP contribution < -0.4 is 5.32 Å². The van der Waals surface area contributed by atoms with Crippen LogP contribution in [0.15, 0.2) is 18.5 Å². The molecule has 1 heterocycles. The highest BCUT2D eigenvalue weighted by molar-refractivity contribution is 6.31. The van der Waals surface area contributed by atoms with Gasteiger partial charge in [-0.1, -0.05) is 11.6 Å². The molecule has 0 aromatic carbocycles. The lowest BCUT2D eigenvalue weighted by molar-refractivity contribution is 0.191. The number of aromatic nitrogens is 1. The van der Waals surface area contributed by atoms with Crippen LogP contribution in [0.2, 0.25) is 5.02 Å². The Kier molecular flexibility index (Phi) is 4.15. The van der Waals surface area contributed by atoms with E-state index in [1.54, 1.807) is 19.3 Å². The summed E-state index contributed by atoms with van der Waals surface area (Å²) in [7, 11) is 0. The second-order valence-corrected chi connectivity index (χ2v) is 3.35. The van der Waals surface area contributed by atoms with Gasteiger partial charge in [0, 0.05) is 25.5 Å². The summed E-state index contributed by atoms with van der Waals surface area (Å²) in [6.45, 7) is 2.96. The largest absolute Gasteiger partial charge is 0.392 e. The lowest BCUT2D eigenvalue weighted by atomic mass is 10.2. The first-order valence-electron chi connectivity index (χ1n) is 4.17. The lowest BCUT2D eigenvalue weighted by Gasteiger charge is -2.07. The third-order valence-corrected chi connectivity index (χ3v) is 1.95. The second-order valence-electron chi connectivity index (χ2n) is 2.95. The first-order valence-corrected chi connectivity index (χ1v) is 4.55. The normalized spacial score (nSPS) is 12.8. The molecule has 1 rings (SSSR count). The third-order valence-electron chi connectivity index (χ3n) is 1.61. The average molecular weight is 201 g/mol. The van der Waals surface area contributed by atoms with E-state index in [1.165, 1.54) is 0 Å². The van der Waals surface area contributed by atoms with Gasteiger partial charge in [0.15, 0.2) is 0 Å². The fourth-order valence-electron chi connectivity index (χ4n) is 0.963. The molecule has 0 radical (unpaired) electrons. The molecular weight excluding hydrogens is 188 g/mol. The minimum Gasteiger partial charge on any atom is -0.392 e. The quantitative estimate of drug-likeness (QED) is 0.768. The molecule has 1 atom stereocenters. The fraction of sp³-hybridized carbons (Fsp3) is 0.444. The highest BCUT2D eigenvalue weighted by Gasteiger charge is 1.99. The van der Waals surface area contributed by atoms with E-state index in [0.717, 1.165) is 5.56 Å². The van der Waals surface area contributed by atoms with Gasteiger partial charge in [0.25, 0.3) is 0 Å². The first kappa shape index (κ1) is 10.4. The van der Waals surface area contributed by atoms with E-state index in [-0.39, 0.29) is 6.10 Å². The molecule has 0 amide bonds. The molecule has 1 aromatic heterocycles. The molecule has 0 aliphatic carbocycles. The molecule has 72 valence electrons. The maximum Gasteiger partial charge on any atom is 0.0636 e. The van der Waals surface area contributed by atoms with Crippen molar-refractivity contribution in [1.82, 2.24) is 10.3 Å². The SMILES string of the molecule is CC(O)CNCc1ccncc1Cl. The van der Waals surface area contributed by atoms with Gasteiger partial charge in [-0.3, -0.25) is 4.98 Å². The predicted molar refractivity (Wildman–Crippen MR) is 52.6 cm³/mol. The standard InChI is InChI=1S/C9H13ClN2O/c1-7(13)4-12-5-8-2-3-11-6-9(8)10/h2-3,6-7,12-13H,4-5H2,1H3. The van der Waals surface area contributed by atoms with E-state index in [1.807, 2.05) is 6.07 Å². The van der Waals surface area contributed by atoms with Crippen LogP contribution >= 0.6 is 11.6 Å². The van der Waals surface area contributed by atoms with E-state index >= 15 is 0 Å². The van der Waals surface area contributed by atoms with Crippen LogP contribution in [-0.2, 0) is 6.54 Å². The monoisotopic (exact) mass is 200 g/mol. The molecule has 13 heavy (non-hydrogen) atoms. The molecule has 0 fully saturated rings. The Morgan fingerprint density at radius 3 is 3.08 bits per heavy atom. The van der Waals surface area contributed by atoms with Crippen molar-refractivity contribution in [2.45, 2.75) is 19.6 Å². The number of rotatable bonds is 4. The van der Waals surface area contributed by atoms with E-state index in [4.69, 9.17) is 16.7 Å². The van der Waals surface area contributed by atoms with Gasteiger partial charge in [-0.15, -0.1) is 0 Å². The molecular formula is C9H13ClN2O. The Morgan fingerprint density at radius 1 is 1.69 bits per heavy atom. The van der Waals surface area contributed by atoms with E-state index < -0.39 is 0 Å². The second kappa shape index (κ2) is 5.17. The molecule has 0 aliphatic rings. The van der Waals surface area contributed by atoms with Crippen molar-refractivity contribution in [3.8, 4) is 0 Å². The number of pyridine rings is 1. The zero-order valence-corrected chi connectivity index (χ0v) is 8.25. The van der Waals surface area contributed by atoms with Crippen molar-refractivity contribution in [2.75, 3.05) is 6.54 Å². The molecule has 4 heteroatoms. The van der Waals surface area contributed by atoms with Gasteiger partial charge < -0.3 is 10.4 Å². The van der Waals surface area contributed by atoms with Crippen LogP contribution in [0.5, 0.6) is 0 Å². The number of aliphatic hydroxyl groups is 1. The summed E-state index contributed by atoms with van der Waals surface area (Å²) in [5.74, 6) is 0. The van der Waals surface area contributed by atoms with Crippen molar-refractivity contribution in [3.05, 3.63) is 29.0 Å². The van der Waals surface area contributed by atoms with Gasteiger partial charge in [0.2, 0.25) is 0 Å². The van der Waals surface area contributed by atoms with Gasteiger partial charge >= 0.3 is 0 Å². The molecule has 2 N–H and O–H groups in total. The molecule has 0 aliphatic heterocycles. The Labute approximate surface area is 82.8 Å². The Bertz CT molecular complexity index is 266. The van der Waals surface area contributed by atoms with Gasteiger partial charge in [-0.2, -0.15) is 0 Å². The highest BCUT2D eigenvalue weighted by atomic mass is 35.5. The number of nitrogens with one attached hydrogen (secondary N) is 1. The van der Waals surface area contributed by atoms with Gasteiger partial charge in [-0.05, 0) is 18.6 Å². The topological polar surface area (TPSA) is 45.1 Å². The van der Waals surface area contributed by atoms with E-state index in [9.17, 15) is 0 Å². The van der Waals surface area contributed by atoms with Crippen LogP contribution in [-0.4, -0.2) is 22.7 Å². The van der Waals surface area contributed by atoms with E-state index in [0.29, 0.717) is 18.1 Å². The molecule has 0 saturated heterocycles. The number of hydrogen-bond donors (Lipinski definition) is 2.